The Balaban J connectivity index is 1.66. The predicted molar refractivity (Wildman–Crippen MR) is 114 cm³/mol. The van der Waals surface area contributed by atoms with Gasteiger partial charge < -0.3 is 10.2 Å². The molecule has 1 aromatic heterocycles. The number of hydrogen-bond donors (Lipinski definition) is 1. The Bertz CT molecular complexity index is 905. The number of benzene rings is 2. The lowest BCUT2D eigenvalue weighted by Crippen LogP contribution is -2.30. The van der Waals surface area contributed by atoms with Gasteiger partial charge in [-0.05, 0) is 44.0 Å². The average molecular weight is 374 g/mol. The van der Waals surface area contributed by atoms with Crippen LogP contribution < -0.4 is 10.2 Å². The molecule has 4 heteroatoms. The van der Waals surface area contributed by atoms with E-state index in [2.05, 4.69) is 47.2 Å². The summed E-state index contributed by atoms with van der Waals surface area (Å²) in [4.78, 5) is 19.1. The maximum Gasteiger partial charge on any atom is 0.270 e. The van der Waals surface area contributed by atoms with Gasteiger partial charge in [0.25, 0.3) is 5.91 Å². The lowest BCUT2D eigenvalue weighted by molar-refractivity contribution is 0.0946. The third-order valence-corrected chi connectivity index (χ3v) is 4.67. The van der Waals surface area contributed by atoms with Crippen molar-refractivity contribution in [3.8, 4) is 0 Å². The number of pyridine rings is 1. The monoisotopic (exact) mass is 373 g/mol. The van der Waals surface area contributed by atoms with Crippen LogP contribution in [0.1, 0.15) is 41.0 Å². The second-order valence-corrected chi connectivity index (χ2v) is 7.28. The van der Waals surface area contributed by atoms with E-state index < -0.39 is 0 Å². The summed E-state index contributed by atoms with van der Waals surface area (Å²) in [5, 5.41) is 2.94. The third kappa shape index (κ3) is 5.19. The normalized spacial score (nSPS) is 10.7. The van der Waals surface area contributed by atoms with Crippen LogP contribution in [0.2, 0.25) is 0 Å². The summed E-state index contributed by atoms with van der Waals surface area (Å²) < 4.78 is 0. The quantitative estimate of drug-likeness (QED) is 0.651. The van der Waals surface area contributed by atoms with Gasteiger partial charge in [-0.25, -0.2) is 4.98 Å². The zero-order chi connectivity index (χ0) is 19.9. The molecule has 0 aliphatic heterocycles. The van der Waals surface area contributed by atoms with Crippen molar-refractivity contribution in [2.75, 3.05) is 4.90 Å². The van der Waals surface area contributed by atoms with E-state index in [4.69, 9.17) is 0 Å². The van der Waals surface area contributed by atoms with Crippen molar-refractivity contribution in [1.82, 2.24) is 10.3 Å². The Kier molecular flexibility index (Phi) is 6.43. The molecule has 0 unspecified atom stereocenters. The molecule has 1 heterocycles. The first kappa shape index (κ1) is 19.6. The molecule has 0 spiro atoms. The van der Waals surface area contributed by atoms with Crippen molar-refractivity contribution in [1.29, 1.82) is 0 Å². The molecule has 0 bridgehead atoms. The lowest BCUT2D eigenvalue weighted by Gasteiger charge is -2.29. The first-order valence-corrected chi connectivity index (χ1v) is 9.63. The van der Waals surface area contributed by atoms with Gasteiger partial charge in [0, 0.05) is 19.1 Å². The molecule has 0 saturated heterocycles. The van der Waals surface area contributed by atoms with Crippen LogP contribution in [-0.4, -0.2) is 16.9 Å². The minimum atomic E-state index is -0.160. The number of anilines is 1. The standard InChI is InChI=1S/C24H27N3O/c1-18(2)27(17-20-9-5-4-6-10-20)22-12-13-23(25-16-22)24(28)26-15-21-11-7-8-19(3)14-21/h4-14,16,18H,15,17H2,1-3H3,(H,26,28). The molecule has 0 atom stereocenters. The van der Waals surface area contributed by atoms with E-state index in [0.29, 0.717) is 18.3 Å². The zero-order valence-electron chi connectivity index (χ0n) is 16.7. The Hall–Kier alpha value is -3.14. The van der Waals surface area contributed by atoms with Crippen LogP contribution in [0, 0.1) is 6.92 Å². The molecule has 1 N–H and O–H groups in total. The van der Waals surface area contributed by atoms with Crippen molar-refractivity contribution in [3.05, 3.63) is 95.3 Å². The molecule has 0 saturated carbocycles. The Morgan fingerprint density at radius 1 is 1.00 bits per heavy atom. The maximum atomic E-state index is 12.4. The van der Waals surface area contributed by atoms with E-state index in [-0.39, 0.29) is 5.91 Å². The van der Waals surface area contributed by atoms with Gasteiger partial charge in [-0.3, -0.25) is 4.79 Å². The minimum Gasteiger partial charge on any atom is -0.364 e. The smallest absolute Gasteiger partial charge is 0.270 e. The van der Waals surface area contributed by atoms with Gasteiger partial charge in [0.15, 0.2) is 0 Å². The van der Waals surface area contributed by atoms with Gasteiger partial charge in [0.05, 0.1) is 11.9 Å². The fourth-order valence-electron chi connectivity index (χ4n) is 3.14. The number of rotatable bonds is 7. The van der Waals surface area contributed by atoms with E-state index in [1.165, 1.54) is 11.1 Å². The zero-order valence-corrected chi connectivity index (χ0v) is 16.7. The van der Waals surface area contributed by atoms with Crippen LogP contribution in [0.3, 0.4) is 0 Å². The molecule has 4 nitrogen and oxygen atoms in total. The summed E-state index contributed by atoms with van der Waals surface area (Å²) in [5.41, 5.74) is 4.95. The number of nitrogens with one attached hydrogen (secondary N) is 1. The second-order valence-electron chi connectivity index (χ2n) is 7.28. The van der Waals surface area contributed by atoms with E-state index in [1.54, 1.807) is 12.3 Å². The first-order chi connectivity index (χ1) is 13.5. The number of carbonyl (C=O) groups is 1. The van der Waals surface area contributed by atoms with Crippen molar-refractivity contribution in [2.45, 2.75) is 39.9 Å². The largest absolute Gasteiger partial charge is 0.364 e. The molecule has 3 aromatic rings. The molecular formula is C24H27N3O. The van der Waals surface area contributed by atoms with Gasteiger partial charge in [0.1, 0.15) is 5.69 Å². The van der Waals surface area contributed by atoms with Crippen LogP contribution in [0.15, 0.2) is 72.9 Å². The number of hydrogen-bond acceptors (Lipinski definition) is 3. The van der Waals surface area contributed by atoms with E-state index in [0.717, 1.165) is 17.8 Å². The Morgan fingerprint density at radius 3 is 2.39 bits per heavy atom. The minimum absolute atomic E-state index is 0.160. The lowest BCUT2D eigenvalue weighted by atomic mass is 10.1. The molecule has 28 heavy (non-hydrogen) atoms. The number of carbonyl (C=O) groups excluding carboxylic acids is 1. The van der Waals surface area contributed by atoms with Crippen LogP contribution >= 0.6 is 0 Å². The molecule has 3 rings (SSSR count). The first-order valence-electron chi connectivity index (χ1n) is 9.63. The molecule has 0 radical (unpaired) electrons. The van der Waals surface area contributed by atoms with E-state index in [9.17, 15) is 4.79 Å². The summed E-state index contributed by atoms with van der Waals surface area (Å²) >= 11 is 0. The number of aryl methyl sites for hydroxylation is 1. The van der Waals surface area contributed by atoms with Crippen molar-refractivity contribution in [3.63, 3.8) is 0 Å². The topological polar surface area (TPSA) is 45.2 Å². The predicted octanol–water partition coefficient (Wildman–Crippen LogP) is 4.74. The van der Waals surface area contributed by atoms with Crippen LogP contribution in [-0.2, 0) is 13.1 Å². The highest BCUT2D eigenvalue weighted by atomic mass is 16.1. The fourth-order valence-corrected chi connectivity index (χ4v) is 3.14. The molecular weight excluding hydrogens is 346 g/mol. The Labute approximate surface area is 167 Å². The van der Waals surface area contributed by atoms with Crippen molar-refractivity contribution < 1.29 is 4.79 Å². The summed E-state index contributed by atoms with van der Waals surface area (Å²) in [7, 11) is 0. The Morgan fingerprint density at radius 2 is 1.75 bits per heavy atom. The van der Waals surface area contributed by atoms with Gasteiger partial charge in [-0.15, -0.1) is 0 Å². The van der Waals surface area contributed by atoms with Gasteiger partial charge in [0.2, 0.25) is 0 Å². The highest BCUT2D eigenvalue weighted by Gasteiger charge is 2.13. The molecule has 1 amide bonds. The average Bonchev–Trinajstić information content (AvgIpc) is 2.71. The highest BCUT2D eigenvalue weighted by Crippen LogP contribution is 2.19. The van der Waals surface area contributed by atoms with Crippen molar-refractivity contribution in [2.24, 2.45) is 0 Å². The SMILES string of the molecule is Cc1cccc(CNC(=O)c2ccc(N(Cc3ccccc3)C(C)C)cn2)c1. The molecule has 144 valence electrons. The van der Waals surface area contributed by atoms with Gasteiger partial charge in [-0.2, -0.15) is 0 Å². The molecule has 0 fully saturated rings. The maximum absolute atomic E-state index is 12.4. The molecule has 0 aliphatic rings. The highest BCUT2D eigenvalue weighted by molar-refractivity contribution is 5.92. The third-order valence-electron chi connectivity index (χ3n) is 4.67. The van der Waals surface area contributed by atoms with Gasteiger partial charge in [-0.1, -0.05) is 60.2 Å². The molecule has 0 aliphatic carbocycles. The van der Waals surface area contributed by atoms with E-state index in [1.807, 2.05) is 49.4 Å². The van der Waals surface area contributed by atoms with Crippen LogP contribution in [0.25, 0.3) is 0 Å². The summed E-state index contributed by atoms with van der Waals surface area (Å²) in [5.74, 6) is -0.160. The van der Waals surface area contributed by atoms with Crippen molar-refractivity contribution >= 4 is 11.6 Å². The van der Waals surface area contributed by atoms with Crippen LogP contribution in [0.4, 0.5) is 5.69 Å². The fraction of sp³-hybridized carbons (Fsp3) is 0.250. The molecule has 2 aromatic carbocycles. The summed E-state index contributed by atoms with van der Waals surface area (Å²) in [6.07, 6.45) is 1.78. The van der Waals surface area contributed by atoms with E-state index >= 15 is 0 Å². The summed E-state index contributed by atoms with van der Waals surface area (Å²) in [6.45, 7) is 7.66. The number of amides is 1. The second kappa shape index (κ2) is 9.18. The number of aromatic nitrogens is 1. The summed E-state index contributed by atoms with van der Waals surface area (Å²) in [6, 6.07) is 22.6. The van der Waals surface area contributed by atoms with Gasteiger partial charge >= 0.3 is 0 Å². The number of nitrogens with zero attached hydrogens (tertiary/aromatic N) is 2. The van der Waals surface area contributed by atoms with Crippen LogP contribution in [0.5, 0.6) is 0 Å².